The quantitative estimate of drug-likeness (QED) is 0.640. The Kier molecular flexibility index (Phi) is 6.91. The van der Waals surface area contributed by atoms with E-state index in [0.29, 0.717) is 13.0 Å². The molecule has 0 aromatic heterocycles. The summed E-state index contributed by atoms with van der Waals surface area (Å²) in [6.07, 6.45) is 0.384. The molecule has 0 amide bonds. The van der Waals surface area contributed by atoms with Crippen molar-refractivity contribution in [2.24, 2.45) is 0 Å². The second-order valence-electron chi connectivity index (χ2n) is 4.10. The zero-order valence-electron chi connectivity index (χ0n) is 10.8. The molecule has 17 heavy (non-hydrogen) atoms. The molecule has 0 heterocycles. The Balaban J connectivity index is 0.00000256. The summed E-state index contributed by atoms with van der Waals surface area (Å²) in [4.78, 5) is 11.5. The molecular weight excluding hydrogens is 214 g/mol. The van der Waals surface area contributed by atoms with E-state index in [1.165, 1.54) is 5.57 Å². The molecule has 3 heteroatoms. The molecule has 0 unspecified atom stereocenters. The van der Waals surface area contributed by atoms with Gasteiger partial charge in [-0.2, -0.15) is 0 Å². The van der Waals surface area contributed by atoms with E-state index in [9.17, 15) is 4.79 Å². The summed E-state index contributed by atoms with van der Waals surface area (Å²) < 4.78 is 5.18. The van der Waals surface area contributed by atoms with Gasteiger partial charge in [0.25, 0.3) is 0 Å². The highest BCUT2D eigenvalue weighted by atomic mass is 16.5. The van der Waals surface area contributed by atoms with Crippen molar-refractivity contribution < 1.29 is 9.53 Å². The molecule has 0 aliphatic rings. The van der Waals surface area contributed by atoms with Gasteiger partial charge in [-0.25, -0.2) is 0 Å². The van der Waals surface area contributed by atoms with Crippen molar-refractivity contribution >= 4 is 5.97 Å². The maximum atomic E-state index is 11.5. The molecular formula is C14H21NO2. The van der Waals surface area contributed by atoms with Gasteiger partial charge < -0.3 is 10.9 Å². The molecule has 0 atom stereocenters. The summed E-state index contributed by atoms with van der Waals surface area (Å²) in [7, 11) is 0. The first-order chi connectivity index (χ1) is 7.59. The number of rotatable bonds is 4. The maximum Gasteiger partial charge on any atom is 0.310 e. The van der Waals surface area contributed by atoms with E-state index >= 15 is 0 Å². The van der Waals surface area contributed by atoms with E-state index in [1.807, 2.05) is 51.1 Å². The van der Waals surface area contributed by atoms with Crippen LogP contribution in [0.2, 0.25) is 0 Å². The standard InChI is InChI=1S/C14H18O2.H3N/c1-11(2)12(3)9-14(15)16-10-13-7-5-4-6-8-13;/h4-8H,9-10H2,1-3H3;1H3. The Bertz CT molecular complexity index is 378. The molecule has 1 aromatic rings. The number of carbonyl (C=O) groups is 1. The van der Waals surface area contributed by atoms with Crippen LogP contribution in [0.3, 0.4) is 0 Å². The molecule has 0 spiro atoms. The van der Waals surface area contributed by atoms with E-state index in [1.54, 1.807) is 0 Å². The fraction of sp³-hybridized carbons (Fsp3) is 0.357. The number of carbonyl (C=O) groups excluding carboxylic acids is 1. The highest BCUT2D eigenvalue weighted by Crippen LogP contribution is 2.09. The highest BCUT2D eigenvalue weighted by Gasteiger charge is 2.05. The summed E-state index contributed by atoms with van der Waals surface area (Å²) in [5.74, 6) is -0.164. The number of allylic oxidation sites excluding steroid dienone is 1. The van der Waals surface area contributed by atoms with Crippen LogP contribution in [0, 0.1) is 0 Å². The van der Waals surface area contributed by atoms with Crippen LogP contribution in [-0.4, -0.2) is 5.97 Å². The van der Waals surface area contributed by atoms with Crippen molar-refractivity contribution in [3.05, 3.63) is 47.0 Å². The van der Waals surface area contributed by atoms with Gasteiger partial charge in [-0.05, 0) is 26.3 Å². The molecule has 0 saturated carbocycles. The van der Waals surface area contributed by atoms with Gasteiger partial charge >= 0.3 is 5.97 Å². The third kappa shape index (κ3) is 5.88. The highest BCUT2D eigenvalue weighted by molar-refractivity contribution is 5.72. The van der Waals surface area contributed by atoms with Gasteiger partial charge in [0.2, 0.25) is 0 Å². The van der Waals surface area contributed by atoms with Crippen molar-refractivity contribution in [3.63, 3.8) is 0 Å². The van der Waals surface area contributed by atoms with Gasteiger partial charge in [-0.1, -0.05) is 41.5 Å². The lowest BCUT2D eigenvalue weighted by Gasteiger charge is -2.06. The number of esters is 1. The van der Waals surface area contributed by atoms with Crippen LogP contribution in [0.25, 0.3) is 0 Å². The van der Waals surface area contributed by atoms with Gasteiger partial charge in [0, 0.05) is 0 Å². The first-order valence-corrected chi connectivity index (χ1v) is 5.42. The van der Waals surface area contributed by atoms with Crippen LogP contribution >= 0.6 is 0 Å². The third-order valence-corrected chi connectivity index (χ3v) is 2.51. The first-order valence-electron chi connectivity index (χ1n) is 5.42. The topological polar surface area (TPSA) is 61.3 Å². The van der Waals surface area contributed by atoms with E-state index < -0.39 is 0 Å². The molecule has 1 rings (SSSR count). The molecule has 0 bridgehead atoms. The normalized spacial score (nSPS) is 9.12. The van der Waals surface area contributed by atoms with E-state index in [-0.39, 0.29) is 12.1 Å². The minimum atomic E-state index is -0.164. The van der Waals surface area contributed by atoms with Gasteiger partial charge in [-0.3, -0.25) is 4.79 Å². The molecule has 0 radical (unpaired) electrons. The molecule has 1 aromatic carbocycles. The van der Waals surface area contributed by atoms with E-state index in [4.69, 9.17) is 4.74 Å². The summed E-state index contributed by atoms with van der Waals surface area (Å²) in [6, 6.07) is 9.70. The van der Waals surface area contributed by atoms with E-state index in [2.05, 4.69) is 0 Å². The summed E-state index contributed by atoms with van der Waals surface area (Å²) >= 11 is 0. The van der Waals surface area contributed by atoms with E-state index in [0.717, 1.165) is 11.1 Å². The fourth-order valence-electron chi connectivity index (χ4n) is 1.18. The van der Waals surface area contributed by atoms with Crippen LogP contribution in [0.5, 0.6) is 0 Å². The second-order valence-corrected chi connectivity index (χ2v) is 4.10. The average molecular weight is 235 g/mol. The van der Waals surface area contributed by atoms with Crippen LogP contribution in [-0.2, 0) is 16.1 Å². The smallest absolute Gasteiger partial charge is 0.310 e. The SMILES string of the molecule is CC(C)=C(C)CC(=O)OCc1ccccc1.N. The van der Waals surface area contributed by atoms with Gasteiger partial charge in [-0.15, -0.1) is 0 Å². The van der Waals surface area contributed by atoms with Gasteiger partial charge in [0.1, 0.15) is 6.61 Å². The Labute approximate surface area is 103 Å². The van der Waals surface area contributed by atoms with Gasteiger partial charge in [0.05, 0.1) is 6.42 Å². The zero-order chi connectivity index (χ0) is 12.0. The van der Waals surface area contributed by atoms with Crippen LogP contribution < -0.4 is 6.15 Å². The van der Waals surface area contributed by atoms with Crippen molar-refractivity contribution in [3.8, 4) is 0 Å². The lowest BCUT2D eigenvalue weighted by Crippen LogP contribution is -2.05. The Morgan fingerprint density at radius 2 is 1.71 bits per heavy atom. The number of hydrogen-bond acceptors (Lipinski definition) is 3. The Morgan fingerprint density at radius 1 is 1.12 bits per heavy atom. The second kappa shape index (κ2) is 7.63. The lowest BCUT2D eigenvalue weighted by molar-refractivity contribution is -0.144. The molecule has 0 aliphatic heterocycles. The van der Waals surface area contributed by atoms with Crippen LogP contribution in [0.4, 0.5) is 0 Å². The number of ether oxygens (including phenoxy) is 1. The summed E-state index contributed by atoms with van der Waals surface area (Å²) in [6.45, 7) is 6.31. The minimum absolute atomic E-state index is 0. The minimum Gasteiger partial charge on any atom is -0.461 e. The summed E-state index contributed by atoms with van der Waals surface area (Å²) in [5.41, 5.74) is 3.28. The van der Waals surface area contributed by atoms with Gasteiger partial charge in [0.15, 0.2) is 0 Å². The molecule has 94 valence electrons. The first kappa shape index (κ1) is 15.4. The lowest BCUT2D eigenvalue weighted by atomic mass is 10.1. The maximum absolute atomic E-state index is 11.5. The predicted octanol–water partition coefficient (Wildman–Crippen LogP) is 3.64. The monoisotopic (exact) mass is 235 g/mol. The fourth-order valence-corrected chi connectivity index (χ4v) is 1.18. The molecule has 0 aliphatic carbocycles. The zero-order valence-corrected chi connectivity index (χ0v) is 10.8. The van der Waals surface area contributed by atoms with Crippen LogP contribution in [0.1, 0.15) is 32.8 Å². The Hall–Kier alpha value is -1.61. The molecule has 3 nitrogen and oxygen atoms in total. The van der Waals surface area contributed by atoms with Crippen LogP contribution in [0.15, 0.2) is 41.5 Å². The average Bonchev–Trinajstić information content (AvgIpc) is 2.27. The third-order valence-electron chi connectivity index (χ3n) is 2.51. The predicted molar refractivity (Wildman–Crippen MR) is 69.9 cm³/mol. The molecule has 0 saturated heterocycles. The molecule has 3 N–H and O–H groups in total. The van der Waals surface area contributed by atoms with Crippen molar-refractivity contribution in [1.29, 1.82) is 0 Å². The largest absolute Gasteiger partial charge is 0.461 e. The summed E-state index contributed by atoms with van der Waals surface area (Å²) in [5, 5.41) is 0. The van der Waals surface area contributed by atoms with Crippen molar-refractivity contribution in [1.82, 2.24) is 6.15 Å². The van der Waals surface area contributed by atoms with Crippen molar-refractivity contribution in [2.75, 3.05) is 0 Å². The number of benzene rings is 1. The Morgan fingerprint density at radius 3 is 2.24 bits per heavy atom. The van der Waals surface area contributed by atoms with Crippen molar-refractivity contribution in [2.45, 2.75) is 33.8 Å². The molecule has 0 fully saturated rings. The number of hydrogen-bond donors (Lipinski definition) is 1.